The van der Waals surface area contributed by atoms with Crippen molar-refractivity contribution in [3.05, 3.63) is 29.3 Å². The number of rotatable bonds is 8. The van der Waals surface area contributed by atoms with Crippen LogP contribution in [0.5, 0.6) is 0 Å². The lowest BCUT2D eigenvalue weighted by Gasteiger charge is -2.24. The lowest BCUT2D eigenvalue weighted by atomic mass is 9.87. The third-order valence-corrected chi connectivity index (χ3v) is 3.84. The second kappa shape index (κ2) is 8.67. The molecule has 0 aliphatic rings. The van der Waals surface area contributed by atoms with Crippen LogP contribution in [0.25, 0.3) is 0 Å². The maximum atomic E-state index is 12.0. The predicted molar refractivity (Wildman–Crippen MR) is 81.9 cm³/mol. The number of carboxylic acids is 1. The number of carboxylic acid groups (broad SMARTS) is 1. The van der Waals surface area contributed by atoms with Crippen LogP contribution in [0.4, 0.5) is 5.69 Å². The van der Waals surface area contributed by atoms with E-state index in [4.69, 9.17) is 11.6 Å². The summed E-state index contributed by atoms with van der Waals surface area (Å²) in [5, 5.41) is 14.3. The quantitative estimate of drug-likeness (QED) is 0.802. The third kappa shape index (κ3) is 5.76. The van der Waals surface area contributed by atoms with Crippen molar-refractivity contribution in [3.8, 4) is 0 Å². The number of benzene rings is 1. The molecule has 116 valence electrons. The number of aliphatic carboxylic acids is 1. The van der Waals surface area contributed by atoms with Crippen molar-refractivity contribution in [2.24, 2.45) is 11.8 Å². The van der Waals surface area contributed by atoms with Crippen LogP contribution in [-0.4, -0.2) is 11.9 Å². The van der Waals surface area contributed by atoms with Crippen LogP contribution < -0.4 is 10.4 Å². The van der Waals surface area contributed by atoms with Crippen molar-refractivity contribution in [2.75, 3.05) is 5.32 Å². The van der Waals surface area contributed by atoms with E-state index in [9.17, 15) is 14.7 Å². The Morgan fingerprint density at radius 2 is 2.00 bits per heavy atom. The zero-order valence-electron chi connectivity index (χ0n) is 12.4. The molecule has 0 radical (unpaired) electrons. The van der Waals surface area contributed by atoms with Gasteiger partial charge in [0.2, 0.25) is 5.91 Å². The molecule has 2 atom stereocenters. The molecule has 0 bridgehead atoms. The average Bonchev–Trinajstić information content (AvgIpc) is 2.41. The van der Waals surface area contributed by atoms with Gasteiger partial charge in [0.15, 0.2) is 0 Å². The number of nitrogens with one attached hydrogen (secondary N) is 1. The van der Waals surface area contributed by atoms with Crippen LogP contribution in [0.3, 0.4) is 0 Å². The molecule has 5 heteroatoms. The molecule has 0 heterocycles. The number of para-hydroxylation sites is 1. The highest BCUT2D eigenvalue weighted by atomic mass is 35.5. The Morgan fingerprint density at radius 3 is 2.57 bits per heavy atom. The number of halogens is 1. The first-order valence-electron chi connectivity index (χ1n) is 7.21. The zero-order chi connectivity index (χ0) is 15.8. The number of unbranched alkanes of at least 4 members (excludes halogenated alkanes) is 1. The molecule has 1 amide bonds. The zero-order valence-corrected chi connectivity index (χ0v) is 13.2. The molecular weight excluding hydrogens is 290 g/mol. The molecule has 1 aromatic carbocycles. The average molecular weight is 311 g/mol. The van der Waals surface area contributed by atoms with Gasteiger partial charge >= 0.3 is 0 Å². The van der Waals surface area contributed by atoms with Crippen molar-refractivity contribution >= 4 is 29.2 Å². The summed E-state index contributed by atoms with van der Waals surface area (Å²) < 4.78 is 0. The molecule has 0 fully saturated rings. The SMILES string of the molecule is CCCC[C@@H](C(=O)[O-])[C@@H](C)CC(=O)Nc1ccccc1Cl. The van der Waals surface area contributed by atoms with Crippen LogP contribution >= 0.6 is 11.6 Å². The number of anilines is 1. The Kier molecular flexibility index (Phi) is 7.23. The fourth-order valence-corrected chi connectivity index (χ4v) is 2.44. The second-order valence-electron chi connectivity index (χ2n) is 5.28. The van der Waals surface area contributed by atoms with Gasteiger partial charge in [-0.05, 0) is 24.5 Å². The number of hydrogen-bond donors (Lipinski definition) is 1. The fourth-order valence-electron chi connectivity index (χ4n) is 2.26. The minimum absolute atomic E-state index is 0.133. The molecular formula is C16H21ClNO3-. The van der Waals surface area contributed by atoms with Crippen LogP contribution in [0.1, 0.15) is 39.5 Å². The summed E-state index contributed by atoms with van der Waals surface area (Å²) in [6, 6.07) is 6.94. The summed E-state index contributed by atoms with van der Waals surface area (Å²) in [6.07, 6.45) is 2.41. The first kappa shape index (κ1) is 17.5. The van der Waals surface area contributed by atoms with E-state index in [-0.39, 0.29) is 18.2 Å². The number of amides is 1. The van der Waals surface area contributed by atoms with E-state index in [1.54, 1.807) is 31.2 Å². The molecule has 0 unspecified atom stereocenters. The number of hydrogen-bond acceptors (Lipinski definition) is 3. The molecule has 0 aliphatic carbocycles. The maximum Gasteiger partial charge on any atom is 0.224 e. The molecule has 0 spiro atoms. The highest BCUT2D eigenvalue weighted by Gasteiger charge is 2.21. The Balaban J connectivity index is 2.60. The molecule has 21 heavy (non-hydrogen) atoms. The van der Waals surface area contributed by atoms with E-state index in [2.05, 4.69) is 5.32 Å². The Morgan fingerprint density at radius 1 is 1.33 bits per heavy atom. The monoisotopic (exact) mass is 310 g/mol. The van der Waals surface area contributed by atoms with Gasteiger partial charge in [-0.1, -0.05) is 50.4 Å². The third-order valence-electron chi connectivity index (χ3n) is 3.51. The fraction of sp³-hybridized carbons (Fsp3) is 0.500. The van der Waals surface area contributed by atoms with E-state index >= 15 is 0 Å². The first-order valence-corrected chi connectivity index (χ1v) is 7.58. The Bertz CT molecular complexity index is 490. The standard InChI is InChI=1S/C16H22ClNO3/c1-3-4-7-12(16(20)21)11(2)10-15(19)18-14-9-6-5-8-13(14)17/h5-6,8-9,11-12H,3-4,7,10H2,1-2H3,(H,18,19)(H,20,21)/p-1/t11-,12+/m0/s1. The molecule has 0 aromatic heterocycles. The molecule has 0 saturated carbocycles. The largest absolute Gasteiger partial charge is 0.550 e. The Hall–Kier alpha value is -1.55. The van der Waals surface area contributed by atoms with Crippen LogP contribution in [0.15, 0.2) is 24.3 Å². The highest BCUT2D eigenvalue weighted by Crippen LogP contribution is 2.24. The second-order valence-corrected chi connectivity index (χ2v) is 5.68. The van der Waals surface area contributed by atoms with Crippen LogP contribution in [0.2, 0.25) is 5.02 Å². The van der Waals surface area contributed by atoms with Crippen LogP contribution in [0, 0.1) is 11.8 Å². The van der Waals surface area contributed by atoms with Gasteiger partial charge in [-0.2, -0.15) is 0 Å². The van der Waals surface area contributed by atoms with E-state index in [0.29, 0.717) is 17.1 Å². The number of carbonyl (C=O) groups excluding carboxylic acids is 2. The molecule has 1 rings (SSSR count). The molecule has 1 aromatic rings. The lowest BCUT2D eigenvalue weighted by Crippen LogP contribution is -2.36. The van der Waals surface area contributed by atoms with Crippen molar-refractivity contribution in [1.82, 2.24) is 0 Å². The minimum Gasteiger partial charge on any atom is -0.550 e. The van der Waals surface area contributed by atoms with Gasteiger partial charge in [0.25, 0.3) is 0 Å². The van der Waals surface area contributed by atoms with Gasteiger partial charge in [0.1, 0.15) is 0 Å². The van der Waals surface area contributed by atoms with Crippen LogP contribution in [-0.2, 0) is 9.59 Å². The van der Waals surface area contributed by atoms with Crippen molar-refractivity contribution in [1.29, 1.82) is 0 Å². The topological polar surface area (TPSA) is 69.2 Å². The van der Waals surface area contributed by atoms with Gasteiger partial charge in [-0.25, -0.2) is 0 Å². The molecule has 0 saturated heterocycles. The summed E-state index contributed by atoms with van der Waals surface area (Å²) in [5.74, 6) is -2.19. The van der Waals surface area contributed by atoms with Crippen molar-refractivity contribution in [3.63, 3.8) is 0 Å². The highest BCUT2D eigenvalue weighted by molar-refractivity contribution is 6.33. The summed E-state index contributed by atoms with van der Waals surface area (Å²) in [7, 11) is 0. The predicted octanol–water partition coefficient (Wildman–Crippen LogP) is 2.86. The summed E-state index contributed by atoms with van der Waals surface area (Å²) in [6.45, 7) is 3.77. The first-order chi connectivity index (χ1) is 9.95. The molecule has 0 aliphatic heterocycles. The van der Waals surface area contributed by atoms with Gasteiger partial charge in [-0.3, -0.25) is 4.79 Å². The number of carbonyl (C=O) groups is 2. The van der Waals surface area contributed by atoms with Gasteiger partial charge in [-0.15, -0.1) is 0 Å². The van der Waals surface area contributed by atoms with E-state index < -0.39 is 11.9 Å². The van der Waals surface area contributed by atoms with E-state index in [1.807, 2.05) is 6.92 Å². The van der Waals surface area contributed by atoms with E-state index in [0.717, 1.165) is 12.8 Å². The lowest BCUT2D eigenvalue weighted by molar-refractivity contribution is -0.313. The minimum atomic E-state index is -1.08. The van der Waals surface area contributed by atoms with Crippen molar-refractivity contribution in [2.45, 2.75) is 39.5 Å². The summed E-state index contributed by atoms with van der Waals surface area (Å²) >= 11 is 5.97. The van der Waals surface area contributed by atoms with Crippen molar-refractivity contribution < 1.29 is 14.7 Å². The molecule has 1 N–H and O–H groups in total. The normalized spacial score (nSPS) is 13.5. The summed E-state index contributed by atoms with van der Waals surface area (Å²) in [4.78, 5) is 23.2. The van der Waals surface area contributed by atoms with E-state index in [1.165, 1.54) is 0 Å². The van der Waals surface area contributed by atoms with Gasteiger partial charge in [0.05, 0.1) is 10.7 Å². The smallest absolute Gasteiger partial charge is 0.224 e. The summed E-state index contributed by atoms with van der Waals surface area (Å²) in [5.41, 5.74) is 0.537. The van der Waals surface area contributed by atoms with Gasteiger partial charge < -0.3 is 15.2 Å². The Labute approximate surface area is 130 Å². The maximum absolute atomic E-state index is 12.0. The molecule has 4 nitrogen and oxygen atoms in total. The van der Waals surface area contributed by atoms with Gasteiger partial charge in [0, 0.05) is 18.3 Å².